The average Bonchev–Trinajstić information content (AvgIpc) is 2.54. The highest BCUT2D eigenvalue weighted by molar-refractivity contribution is 5.78. The molecule has 0 saturated carbocycles. The van der Waals surface area contributed by atoms with Crippen LogP contribution in [0.1, 0.15) is 31.7 Å². The highest BCUT2D eigenvalue weighted by Gasteiger charge is 2.28. The molecule has 1 atom stereocenters. The first-order valence-electron chi connectivity index (χ1n) is 7.54. The smallest absolute Gasteiger partial charge is 0.310 e. The minimum absolute atomic E-state index is 0.104. The fourth-order valence-corrected chi connectivity index (χ4v) is 2.61. The summed E-state index contributed by atoms with van der Waals surface area (Å²) in [5, 5.41) is 0. The van der Waals surface area contributed by atoms with Crippen LogP contribution in [-0.4, -0.2) is 41.5 Å². The molecule has 0 aliphatic carbocycles. The van der Waals surface area contributed by atoms with E-state index in [4.69, 9.17) is 4.74 Å². The fourth-order valence-electron chi connectivity index (χ4n) is 2.61. The molecule has 2 heterocycles. The number of ether oxygens (including phenoxy) is 1. The molecule has 1 aromatic rings. The summed E-state index contributed by atoms with van der Waals surface area (Å²) in [4.78, 5) is 29.9. The molecule has 114 valence electrons. The lowest BCUT2D eigenvalue weighted by Crippen LogP contribution is -2.42. The Bertz CT molecular complexity index is 476. The van der Waals surface area contributed by atoms with E-state index >= 15 is 0 Å². The fraction of sp³-hybridized carbons (Fsp3) is 0.562. The Kier molecular flexibility index (Phi) is 5.72. The lowest BCUT2D eigenvalue weighted by atomic mass is 9.97. The van der Waals surface area contributed by atoms with Crippen LogP contribution in [0.25, 0.3) is 0 Å². The molecule has 0 N–H and O–H groups in total. The van der Waals surface area contributed by atoms with E-state index in [-0.39, 0.29) is 17.8 Å². The third-order valence-corrected chi connectivity index (χ3v) is 3.74. The number of hydrogen-bond donors (Lipinski definition) is 0. The standard InChI is InChI=1S/C16H22N2O3/c1-2-21-16(20)14-6-4-10-18(12-14)15(19)8-7-13-5-3-9-17-11-13/h3,5,9,11,14H,2,4,6-8,10,12H2,1H3/t14-/m1/s1. The summed E-state index contributed by atoms with van der Waals surface area (Å²) < 4.78 is 5.05. The Morgan fingerprint density at radius 1 is 1.48 bits per heavy atom. The summed E-state index contributed by atoms with van der Waals surface area (Å²) in [6.07, 6.45) is 6.33. The number of aryl methyl sites for hydroxylation is 1. The van der Waals surface area contributed by atoms with Gasteiger partial charge in [0.2, 0.25) is 5.91 Å². The van der Waals surface area contributed by atoms with E-state index in [0.29, 0.717) is 26.0 Å². The van der Waals surface area contributed by atoms with E-state index < -0.39 is 0 Å². The predicted molar refractivity (Wildman–Crippen MR) is 78.5 cm³/mol. The van der Waals surface area contributed by atoms with Crippen molar-refractivity contribution >= 4 is 11.9 Å². The highest BCUT2D eigenvalue weighted by atomic mass is 16.5. The highest BCUT2D eigenvalue weighted by Crippen LogP contribution is 2.19. The van der Waals surface area contributed by atoms with Crippen molar-refractivity contribution in [2.75, 3.05) is 19.7 Å². The maximum absolute atomic E-state index is 12.3. The summed E-state index contributed by atoms with van der Waals surface area (Å²) in [6.45, 7) is 3.42. The minimum atomic E-state index is -0.178. The maximum atomic E-state index is 12.3. The molecule has 5 heteroatoms. The van der Waals surface area contributed by atoms with Crippen LogP contribution in [0.15, 0.2) is 24.5 Å². The summed E-state index contributed by atoms with van der Waals surface area (Å²) in [7, 11) is 0. The van der Waals surface area contributed by atoms with Crippen LogP contribution in [0.5, 0.6) is 0 Å². The molecule has 2 rings (SSSR count). The first kappa shape index (κ1) is 15.5. The second kappa shape index (κ2) is 7.76. The van der Waals surface area contributed by atoms with Crippen LogP contribution in [0, 0.1) is 5.92 Å². The quantitative estimate of drug-likeness (QED) is 0.776. The van der Waals surface area contributed by atoms with Gasteiger partial charge in [-0.05, 0) is 37.8 Å². The Balaban J connectivity index is 1.83. The molecule has 1 aromatic heterocycles. The van der Waals surface area contributed by atoms with Crippen molar-refractivity contribution < 1.29 is 14.3 Å². The van der Waals surface area contributed by atoms with Gasteiger partial charge in [-0.3, -0.25) is 14.6 Å². The molecule has 21 heavy (non-hydrogen) atoms. The molecule has 0 spiro atoms. The van der Waals surface area contributed by atoms with Crippen molar-refractivity contribution in [1.29, 1.82) is 0 Å². The van der Waals surface area contributed by atoms with Gasteiger partial charge in [0.1, 0.15) is 0 Å². The van der Waals surface area contributed by atoms with Gasteiger partial charge in [0, 0.05) is 31.9 Å². The SMILES string of the molecule is CCOC(=O)[C@@H]1CCCN(C(=O)CCc2cccnc2)C1. The van der Waals surface area contributed by atoms with Gasteiger partial charge < -0.3 is 9.64 Å². The van der Waals surface area contributed by atoms with Crippen LogP contribution >= 0.6 is 0 Å². The van der Waals surface area contributed by atoms with Crippen molar-refractivity contribution in [1.82, 2.24) is 9.88 Å². The molecular weight excluding hydrogens is 268 g/mol. The summed E-state index contributed by atoms with van der Waals surface area (Å²) >= 11 is 0. The van der Waals surface area contributed by atoms with Crippen molar-refractivity contribution in [3.8, 4) is 0 Å². The van der Waals surface area contributed by atoms with Gasteiger partial charge in [0.05, 0.1) is 12.5 Å². The number of piperidine rings is 1. The number of carbonyl (C=O) groups excluding carboxylic acids is 2. The van der Waals surface area contributed by atoms with Crippen molar-refractivity contribution in [3.05, 3.63) is 30.1 Å². The number of aromatic nitrogens is 1. The third-order valence-electron chi connectivity index (χ3n) is 3.74. The lowest BCUT2D eigenvalue weighted by Gasteiger charge is -2.31. The lowest BCUT2D eigenvalue weighted by molar-refractivity contribution is -0.151. The van der Waals surface area contributed by atoms with E-state index in [0.717, 1.165) is 24.9 Å². The van der Waals surface area contributed by atoms with E-state index in [1.54, 1.807) is 24.2 Å². The van der Waals surface area contributed by atoms with Crippen LogP contribution in [0.4, 0.5) is 0 Å². The van der Waals surface area contributed by atoms with Gasteiger partial charge in [-0.2, -0.15) is 0 Å². The second-order valence-corrected chi connectivity index (χ2v) is 5.29. The van der Waals surface area contributed by atoms with Gasteiger partial charge in [-0.15, -0.1) is 0 Å². The Labute approximate surface area is 125 Å². The number of esters is 1. The number of carbonyl (C=O) groups is 2. The molecule has 1 amide bonds. The number of pyridine rings is 1. The number of likely N-dealkylation sites (tertiary alicyclic amines) is 1. The monoisotopic (exact) mass is 290 g/mol. The molecule has 0 bridgehead atoms. The Hall–Kier alpha value is -1.91. The largest absolute Gasteiger partial charge is 0.466 e. The zero-order chi connectivity index (χ0) is 15.1. The van der Waals surface area contributed by atoms with E-state index in [1.165, 1.54) is 0 Å². The van der Waals surface area contributed by atoms with Gasteiger partial charge in [0.25, 0.3) is 0 Å². The summed E-state index contributed by atoms with van der Waals surface area (Å²) in [5.74, 6) is -0.240. The third kappa shape index (κ3) is 4.55. The van der Waals surface area contributed by atoms with Crippen LogP contribution < -0.4 is 0 Å². The van der Waals surface area contributed by atoms with Crippen LogP contribution in [0.3, 0.4) is 0 Å². The summed E-state index contributed by atoms with van der Waals surface area (Å²) in [6, 6.07) is 3.84. The Morgan fingerprint density at radius 3 is 3.05 bits per heavy atom. The number of rotatable bonds is 5. The van der Waals surface area contributed by atoms with E-state index in [9.17, 15) is 9.59 Å². The number of amides is 1. The topological polar surface area (TPSA) is 59.5 Å². The zero-order valence-electron chi connectivity index (χ0n) is 12.5. The molecule has 1 aliphatic heterocycles. The predicted octanol–water partition coefficient (Wildman–Crippen LogP) is 1.82. The number of hydrogen-bond acceptors (Lipinski definition) is 4. The van der Waals surface area contributed by atoms with Gasteiger partial charge in [-0.1, -0.05) is 6.07 Å². The van der Waals surface area contributed by atoms with Crippen LogP contribution in [-0.2, 0) is 20.7 Å². The van der Waals surface area contributed by atoms with Crippen molar-refractivity contribution in [2.45, 2.75) is 32.6 Å². The zero-order valence-corrected chi connectivity index (χ0v) is 12.5. The maximum Gasteiger partial charge on any atom is 0.310 e. The molecule has 5 nitrogen and oxygen atoms in total. The van der Waals surface area contributed by atoms with Gasteiger partial charge in [0.15, 0.2) is 0 Å². The molecule has 1 saturated heterocycles. The first-order chi connectivity index (χ1) is 10.2. The van der Waals surface area contributed by atoms with Crippen molar-refractivity contribution in [3.63, 3.8) is 0 Å². The van der Waals surface area contributed by atoms with E-state index in [1.807, 2.05) is 12.1 Å². The molecule has 1 aliphatic rings. The van der Waals surface area contributed by atoms with E-state index in [2.05, 4.69) is 4.98 Å². The minimum Gasteiger partial charge on any atom is -0.466 e. The van der Waals surface area contributed by atoms with Gasteiger partial charge in [-0.25, -0.2) is 0 Å². The molecule has 0 aromatic carbocycles. The molecule has 0 radical (unpaired) electrons. The molecular formula is C16H22N2O3. The average molecular weight is 290 g/mol. The normalized spacial score (nSPS) is 18.3. The first-order valence-corrected chi connectivity index (χ1v) is 7.54. The summed E-state index contributed by atoms with van der Waals surface area (Å²) in [5.41, 5.74) is 1.06. The van der Waals surface area contributed by atoms with Crippen molar-refractivity contribution in [2.24, 2.45) is 5.92 Å². The number of nitrogens with zero attached hydrogens (tertiary/aromatic N) is 2. The Morgan fingerprint density at radius 2 is 2.33 bits per heavy atom. The second-order valence-electron chi connectivity index (χ2n) is 5.29. The molecule has 0 unspecified atom stereocenters. The van der Waals surface area contributed by atoms with Gasteiger partial charge >= 0.3 is 5.97 Å². The molecule has 1 fully saturated rings. The van der Waals surface area contributed by atoms with Crippen LogP contribution in [0.2, 0.25) is 0 Å².